The summed E-state index contributed by atoms with van der Waals surface area (Å²) in [5.74, 6) is 0. The minimum Gasteiger partial charge on any atom is -0.298 e. The second kappa shape index (κ2) is 4.36. The molecule has 1 nitrogen and oxygen atoms in total. The van der Waals surface area contributed by atoms with Gasteiger partial charge in [-0.25, -0.2) is 0 Å². The van der Waals surface area contributed by atoms with E-state index in [-0.39, 0.29) is 0 Å². The second-order valence-corrected chi connectivity index (χ2v) is 6.83. The van der Waals surface area contributed by atoms with Crippen LogP contribution in [0.4, 0.5) is 0 Å². The third kappa shape index (κ3) is 2.24. The van der Waals surface area contributed by atoms with Crippen LogP contribution in [-0.2, 0) is 3.24 Å². The maximum atomic E-state index is 10.8. The number of halogens is 3. The topological polar surface area (TPSA) is 17.1 Å². The molecule has 0 aliphatic rings. The molecule has 2 aromatic carbocycles. The molecular formula is C12H7BrCl2O. The maximum absolute atomic E-state index is 10.8. The standard InChI is InChI=1S/C12H7BrCl2O/c13-12(14,15)10-4-5-11-8(6-10)2-1-3-9(11)7-16/h1-7H. The zero-order chi connectivity index (χ0) is 11.8. The van der Waals surface area contributed by atoms with E-state index in [2.05, 4.69) is 15.9 Å². The molecule has 0 saturated carbocycles. The highest BCUT2D eigenvalue weighted by Crippen LogP contribution is 2.41. The molecule has 16 heavy (non-hydrogen) atoms. The van der Waals surface area contributed by atoms with Gasteiger partial charge >= 0.3 is 0 Å². The number of aldehydes is 1. The lowest BCUT2D eigenvalue weighted by Crippen LogP contribution is -1.98. The highest BCUT2D eigenvalue weighted by atomic mass is 79.9. The Bertz CT molecular complexity index is 546. The van der Waals surface area contributed by atoms with Crippen LogP contribution in [0.2, 0.25) is 0 Å². The molecule has 0 amide bonds. The van der Waals surface area contributed by atoms with Gasteiger partial charge in [-0.3, -0.25) is 4.79 Å². The molecule has 4 heteroatoms. The van der Waals surface area contributed by atoms with Crippen LogP contribution in [0.25, 0.3) is 10.8 Å². The van der Waals surface area contributed by atoms with Crippen molar-refractivity contribution >= 4 is 56.2 Å². The Balaban J connectivity index is 2.69. The van der Waals surface area contributed by atoms with Gasteiger partial charge in [0.1, 0.15) is 0 Å². The molecule has 0 radical (unpaired) electrons. The van der Waals surface area contributed by atoms with Gasteiger partial charge in [-0.2, -0.15) is 0 Å². The van der Waals surface area contributed by atoms with E-state index in [0.717, 1.165) is 22.6 Å². The third-order valence-electron chi connectivity index (χ3n) is 2.37. The summed E-state index contributed by atoms with van der Waals surface area (Å²) < 4.78 is -1.10. The van der Waals surface area contributed by atoms with Gasteiger partial charge in [-0.05, 0) is 38.3 Å². The van der Waals surface area contributed by atoms with Crippen molar-refractivity contribution in [3.05, 3.63) is 47.5 Å². The number of rotatable bonds is 2. The van der Waals surface area contributed by atoms with Crippen molar-refractivity contribution in [2.45, 2.75) is 3.24 Å². The number of carbonyl (C=O) groups is 1. The monoisotopic (exact) mass is 316 g/mol. The molecule has 2 aromatic rings. The zero-order valence-electron chi connectivity index (χ0n) is 8.08. The van der Waals surface area contributed by atoms with Gasteiger partial charge in [0.15, 0.2) is 9.53 Å². The van der Waals surface area contributed by atoms with Crippen molar-refractivity contribution in [3.8, 4) is 0 Å². The van der Waals surface area contributed by atoms with Crippen molar-refractivity contribution in [1.82, 2.24) is 0 Å². The van der Waals surface area contributed by atoms with Crippen LogP contribution in [0.1, 0.15) is 15.9 Å². The second-order valence-electron chi connectivity index (χ2n) is 3.40. The minimum atomic E-state index is -1.10. The first kappa shape index (κ1) is 11.9. The highest BCUT2D eigenvalue weighted by Gasteiger charge is 2.22. The number of benzene rings is 2. The summed E-state index contributed by atoms with van der Waals surface area (Å²) in [6, 6.07) is 11.0. The fourth-order valence-corrected chi connectivity index (χ4v) is 2.07. The van der Waals surface area contributed by atoms with Gasteiger partial charge < -0.3 is 0 Å². The summed E-state index contributed by atoms with van der Waals surface area (Å²) >= 11 is 15.1. The summed E-state index contributed by atoms with van der Waals surface area (Å²) in [4.78, 5) is 10.8. The molecule has 2 rings (SSSR count). The summed E-state index contributed by atoms with van der Waals surface area (Å²) in [7, 11) is 0. The lowest BCUT2D eigenvalue weighted by atomic mass is 10.0. The van der Waals surface area contributed by atoms with Gasteiger partial charge in [-0.15, -0.1) is 0 Å². The van der Waals surface area contributed by atoms with Gasteiger partial charge in [0, 0.05) is 5.56 Å². The third-order valence-corrected chi connectivity index (χ3v) is 3.26. The smallest absolute Gasteiger partial charge is 0.197 e. The molecule has 0 saturated heterocycles. The highest BCUT2D eigenvalue weighted by molar-refractivity contribution is 9.10. The van der Waals surface area contributed by atoms with E-state index in [4.69, 9.17) is 23.2 Å². The summed E-state index contributed by atoms with van der Waals surface area (Å²) in [5.41, 5.74) is 1.40. The van der Waals surface area contributed by atoms with Crippen LogP contribution in [0, 0.1) is 0 Å². The molecule has 0 bridgehead atoms. The van der Waals surface area contributed by atoms with E-state index in [9.17, 15) is 4.79 Å². The van der Waals surface area contributed by atoms with Crippen molar-refractivity contribution < 1.29 is 4.79 Å². The number of hydrogen-bond acceptors (Lipinski definition) is 1. The molecule has 0 atom stereocenters. The molecule has 0 spiro atoms. The zero-order valence-corrected chi connectivity index (χ0v) is 11.2. The van der Waals surface area contributed by atoms with Crippen LogP contribution in [0.3, 0.4) is 0 Å². The number of hydrogen-bond donors (Lipinski definition) is 0. The first-order chi connectivity index (χ1) is 7.52. The van der Waals surface area contributed by atoms with E-state index in [1.807, 2.05) is 24.3 Å². The van der Waals surface area contributed by atoms with Crippen LogP contribution >= 0.6 is 39.1 Å². The molecule has 0 aliphatic carbocycles. The SMILES string of the molecule is O=Cc1cccc2cc(C(Cl)(Cl)Br)ccc12. The normalized spacial score (nSPS) is 11.7. The maximum Gasteiger partial charge on any atom is 0.197 e. The molecular weight excluding hydrogens is 311 g/mol. The molecule has 0 fully saturated rings. The lowest BCUT2D eigenvalue weighted by molar-refractivity contribution is 0.112. The van der Waals surface area contributed by atoms with Crippen LogP contribution in [0.5, 0.6) is 0 Å². The minimum absolute atomic E-state index is 0.661. The fourth-order valence-electron chi connectivity index (χ4n) is 1.59. The number of carbonyl (C=O) groups excluding carboxylic acids is 1. The van der Waals surface area contributed by atoms with E-state index < -0.39 is 3.24 Å². The Morgan fingerprint density at radius 1 is 1.19 bits per heavy atom. The van der Waals surface area contributed by atoms with Crippen molar-refractivity contribution in [2.75, 3.05) is 0 Å². The molecule has 0 N–H and O–H groups in total. The first-order valence-corrected chi connectivity index (χ1v) is 6.12. The van der Waals surface area contributed by atoms with Crippen molar-refractivity contribution in [2.24, 2.45) is 0 Å². The number of alkyl halides is 3. The molecule has 0 aromatic heterocycles. The Morgan fingerprint density at radius 3 is 2.56 bits per heavy atom. The van der Waals surface area contributed by atoms with Crippen molar-refractivity contribution in [1.29, 1.82) is 0 Å². The van der Waals surface area contributed by atoms with E-state index in [1.54, 1.807) is 12.1 Å². The van der Waals surface area contributed by atoms with E-state index >= 15 is 0 Å². The van der Waals surface area contributed by atoms with Gasteiger partial charge in [-0.1, -0.05) is 53.5 Å². The Hall–Kier alpha value is -0.570. The first-order valence-electron chi connectivity index (χ1n) is 4.57. The van der Waals surface area contributed by atoms with Gasteiger partial charge in [0.05, 0.1) is 0 Å². The lowest BCUT2D eigenvalue weighted by Gasteiger charge is -2.12. The Labute approximate surface area is 111 Å². The summed E-state index contributed by atoms with van der Waals surface area (Å²) in [6.07, 6.45) is 0.838. The predicted octanol–water partition coefficient (Wildman–Crippen LogP) is 4.64. The fraction of sp³-hybridized carbons (Fsp3) is 0.0833. The van der Waals surface area contributed by atoms with Crippen LogP contribution < -0.4 is 0 Å². The number of fused-ring (bicyclic) bond motifs is 1. The average Bonchev–Trinajstić information content (AvgIpc) is 2.26. The predicted molar refractivity (Wildman–Crippen MR) is 71.6 cm³/mol. The van der Waals surface area contributed by atoms with Gasteiger partial charge in [0.2, 0.25) is 0 Å². The Morgan fingerprint density at radius 2 is 1.94 bits per heavy atom. The quantitative estimate of drug-likeness (QED) is 0.582. The van der Waals surface area contributed by atoms with Gasteiger partial charge in [0.25, 0.3) is 0 Å². The van der Waals surface area contributed by atoms with E-state index in [0.29, 0.717) is 5.56 Å². The van der Waals surface area contributed by atoms with Crippen LogP contribution in [0.15, 0.2) is 36.4 Å². The summed E-state index contributed by atoms with van der Waals surface area (Å²) in [6.45, 7) is 0. The molecule has 0 unspecified atom stereocenters. The summed E-state index contributed by atoms with van der Waals surface area (Å²) in [5, 5.41) is 1.83. The van der Waals surface area contributed by atoms with Crippen molar-refractivity contribution in [3.63, 3.8) is 0 Å². The molecule has 0 heterocycles. The average molecular weight is 318 g/mol. The van der Waals surface area contributed by atoms with E-state index in [1.165, 1.54) is 0 Å². The molecule has 0 aliphatic heterocycles. The molecule has 82 valence electrons. The Kier molecular flexibility index (Phi) is 3.24. The largest absolute Gasteiger partial charge is 0.298 e. The van der Waals surface area contributed by atoms with Crippen LogP contribution in [-0.4, -0.2) is 6.29 Å².